The molecule has 0 amide bonds. The van der Waals surface area contributed by atoms with Gasteiger partial charge in [-0.25, -0.2) is 0 Å². The van der Waals surface area contributed by atoms with Crippen LogP contribution < -0.4 is 9.80 Å². The quantitative estimate of drug-likeness (QED) is 0.706. The number of thiophene rings is 1. The van der Waals surface area contributed by atoms with Crippen molar-refractivity contribution in [2.45, 2.75) is 26.4 Å². The van der Waals surface area contributed by atoms with Crippen molar-refractivity contribution in [3.05, 3.63) is 53.2 Å². The first-order valence-corrected chi connectivity index (χ1v) is 9.44. The summed E-state index contributed by atoms with van der Waals surface area (Å²) in [5.41, 5.74) is 2.53. The van der Waals surface area contributed by atoms with Crippen molar-refractivity contribution >= 4 is 17.0 Å². The van der Waals surface area contributed by atoms with E-state index in [1.807, 2.05) is 17.5 Å². The smallest absolute Gasteiger partial charge is 0.274 e. The van der Waals surface area contributed by atoms with Crippen LogP contribution in [-0.4, -0.2) is 30.8 Å². The number of hydrogen-bond acceptors (Lipinski definition) is 5. The van der Waals surface area contributed by atoms with E-state index in [0.717, 1.165) is 18.0 Å². The summed E-state index contributed by atoms with van der Waals surface area (Å²) in [5.74, 6) is 1.31. The molecular weight excluding hydrogens is 332 g/mol. The third-order valence-corrected chi connectivity index (χ3v) is 5.35. The van der Waals surface area contributed by atoms with E-state index < -0.39 is 0 Å². The Labute approximate surface area is 152 Å². The van der Waals surface area contributed by atoms with Crippen molar-refractivity contribution in [1.29, 1.82) is 0 Å². The molecule has 0 spiro atoms. The van der Waals surface area contributed by atoms with Crippen molar-refractivity contribution in [1.82, 2.24) is 10.2 Å². The van der Waals surface area contributed by atoms with E-state index in [9.17, 15) is 0 Å². The van der Waals surface area contributed by atoms with Crippen molar-refractivity contribution in [3.8, 4) is 10.8 Å². The van der Waals surface area contributed by atoms with Gasteiger partial charge in [0.1, 0.15) is 6.54 Å². The third-order valence-electron chi connectivity index (χ3n) is 4.49. The number of nitrogens with zero attached hydrogens (tertiary/aromatic N) is 3. The number of nitrogens with one attached hydrogen (secondary N) is 1. The van der Waals surface area contributed by atoms with E-state index in [0.29, 0.717) is 11.8 Å². The summed E-state index contributed by atoms with van der Waals surface area (Å²) < 4.78 is 5.92. The molecule has 0 aliphatic heterocycles. The Morgan fingerprint density at radius 1 is 1.16 bits per heavy atom. The lowest BCUT2D eigenvalue weighted by molar-refractivity contribution is -0.942. The first-order chi connectivity index (χ1) is 12.1. The summed E-state index contributed by atoms with van der Waals surface area (Å²) in [5, 5.41) is 10.5. The molecule has 1 unspecified atom stereocenters. The molecule has 0 saturated carbocycles. The van der Waals surface area contributed by atoms with E-state index in [-0.39, 0.29) is 6.04 Å². The zero-order valence-electron chi connectivity index (χ0n) is 15.2. The Balaban J connectivity index is 1.71. The van der Waals surface area contributed by atoms with Gasteiger partial charge in [0.2, 0.25) is 0 Å². The SMILES string of the molecule is CC[NH+](Cc1ccc(N(C)C)cc1)[C@H](C)c1nnc(-c2cccs2)o1. The van der Waals surface area contributed by atoms with Crippen LogP contribution in [0.5, 0.6) is 0 Å². The summed E-state index contributed by atoms with van der Waals surface area (Å²) in [4.78, 5) is 4.53. The molecular formula is C19H25N4OS+. The predicted octanol–water partition coefficient (Wildman–Crippen LogP) is 3.03. The van der Waals surface area contributed by atoms with E-state index >= 15 is 0 Å². The van der Waals surface area contributed by atoms with Crippen molar-refractivity contribution in [2.24, 2.45) is 0 Å². The maximum absolute atomic E-state index is 5.92. The monoisotopic (exact) mass is 357 g/mol. The highest BCUT2D eigenvalue weighted by molar-refractivity contribution is 7.13. The Kier molecular flexibility index (Phi) is 5.50. The topological polar surface area (TPSA) is 46.6 Å². The van der Waals surface area contributed by atoms with Crippen LogP contribution >= 0.6 is 11.3 Å². The molecule has 1 N–H and O–H groups in total. The summed E-state index contributed by atoms with van der Waals surface area (Å²) in [6, 6.07) is 12.9. The highest BCUT2D eigenvalue weighted by atomic mass is 32.1. The van der Waals surface area contributed by atoms with Gasteiger partial charge in [-0.15, -0.1) is 21.5 Å². The van der Waals surface area contributed by atoms with Gasteiger partial charge in [0, 0.05) is 25.3 Å². The molecule has 0 aliphatic rings. The van der Waals surface area contributed by atoms with Gasteiger partial charge in [0.05, 0.1) is 11.4 Å². The van der Waals surface area contributed by atoms with Crippen LogP contribution in [0.1, 0.15) is 31.3 Å². The van der Waals surface area contributed by atoms with Gasteiger partial charge in [-0.3, -0.25) is 0 Å². The molecule has 6 heteroatoms. The molecule has 0 aliphatic carbocycles. The zero-order chi connectivity index (χ0) is 17.8. The van der Waals surface area contributed by atoms with Crippen molar-refractivity contribution < 1.29 is 9.32 Å². The standard InChI is InChI=1S/C19H24N4OS/c1-5-23(13-15-8-10-16(11-9-15)22(3)4)14(2)18-20-21-19(24-18)17-7-6-12-25-17/h6-12,14H,5,13H2,1-4H3/p+1/t14-/m1/s1. The lowest BCUT2D eigenvalue weighted by Gasteiger charge is -2.22. The number of benzene rings is 1. The van der Waals surface area contributed by atoms with Crippen LogP contribution in [0, 0.1) is 0 Å². The lowest BCUT2D eigenvalue weighted by atomic mass is 10.1. The maximum Gasteiger partial charge on any atom is 0.274 e. The highest BCUT2D eigenvalue weighted by Gasteiger charge is 2.24. The predicted molar refractivity (Wildman–Crippen MR) is 102 cm³/mol. The van der Waals surface area contributed by atoms with Gasteiger partial charge in [0.15, 0.2) is 6.04 Å². The van der Waals surface area contributed by atoms with Gasteiger partial charge in [0.25, 0.3) is 11.8 Å². The second kappa shape index (κ2) is 7.80. The fourth-order valence-corrected chi connectivity index (χ4v) is 3.49. The van der Waals surface area contributed by atoms with Crippen LogP contribution in [0.3, 0.4) is 0 Å². The average Bonchev–Trinajstić information content (AvgIpc) is 3.30. The maximum atomic E-state index is 5.92. The van der Waals surface area contributed by atoms with Gasteiger partial charge < -0.3 is 14.2 Å². The van der Waals surface area contributed by atoms with Gasteiger partial charge >= 0.3 is 0 Å². The molecule has 2 heterocycles. The molecule has 3 aromatic rings. The van der Waals surface area contributed by atoms with Crippen LogP contribution in [0.4, 0.5) is 5.69 Å². The van der Waals surface area contributed by atoms with Gasteiger partial charge in [-0.2, -0.15) is 0 Å². The molecule has 2 aromatic heterocycles. The van der Waals surface area contributed by atoms with Crippen LogP contribution in [0.15, 0.2) is 46.2 Å². The molecule has 5 nitrogen and oxygen atoms in total. The Hall–Kier alpha value is -2.18. The normalized spacial score (nSPS) is 13.6. The van der Waals surface area contributed by atoms with E-state index in [4.69, 9.17) is 4.42 Å². The second-order valence-electron chi connectivity index (χ2n) is 6.39. The minimum Gasteiger partial charge on any atom is -0.414 e. The minimum absolute atomic E-state index is 0.153. The van der Waals surface area contributed by atoms with Crippen LogP contribution in [0.2, 0.25) is 0 Å². The summed E-state index contributed by atoms with van der Waals surface area (Å²) in [6.45, 7) is 6.27. The fraction of sp³-hybridized carbons (Fsp3) is 0.368. The molecule has 0 radical (unpaired) electrons. The number of quaternary nitrogens is 1. The zero-order valence-corrected chi connectivity index (χ0v) is 16.0. The minimum atomic E-state index is 0.153. The van der Waals surface area contributed by atoms with Crippen molar-refractivity contribution in [2.75, 3.05) is 25.5 Å². The van der Waals surface area contributed by atoms with Gasteiger partial charge in [-0.05, 0) is 37.4 Å². The highest BCUT2D eigenvalue weighted by Crippen LogP contribution is 2.24. The van der Waals surface area contributed by atoms with Crippen molar-refractivity contribution in [3.63, 3.8) is 0 Å². The largest absolute Gasteiger partial charge is 0.414 e. The summed E-state index contributed by atoms with van der Waals surface area (Å²) >= 11 is 1.61. The molecule has 0 fully saturated rings. The number of hydrogen-bond donors (Lipinski definition) is 1. The van der Waals surface area contributed by atoms with Crippen LogP contribution in [0.25, 0.3) is 10.8 Å². The molecule has 0 saturated heterocycles. The first-order valence-electron chi connectivity index (χ1n) is 8.56. The van der Waals surface area contributed by atoms with E-state index in [1.54, 1.807) is 11.3 Å². The Bertz CT molecular complexity index is 780. The summed E-state index contributed by atoms with van der Waals surface area (Å²) in [7, 11) is 4.11. The average molecular weight is 358 g/mol. The first kappa shape index (κ1) is 17.6. The van der Waals surface area contributed by atoms with E-state index in [2.05, 4.69) is 67.3 Å². The molecule has 3 rings (SSSR count). The molecule has 2 atom stereocenters. The second-order valence-corrected chi connectivity index (χ2v) is 7.34. The molecule has 132 valence electrons. The molecule has 1 aromatic carbocycles. The Morgan fingerprint density at radius 3 is 2.52 bits per heavy atom. The summed E-state index contributed by atoms with van der Waals surface area (Å²) in [6.07, 6.45) is 0. The number of anilines is 1. The number of aromatic nitrogens is 2. The molecule has 25 heavy (non-hydrogen) atoms. The Morgan fingerprint density at radius 2 is 1.92 bits per heavy atom. The lowest BCUT2D eigenvalue weighted by Crippen LogP contribution is -3.10. The van der Waals surface area contributed by atoms with E-state index in [1.165, 1.54) is 16.2 Å². The van der Waals surface area contributed by atoms with Crippen LogP contribution in [-0.2, 0) is 6.54 Å². The molecule has 0 bridgehead atoms. The number of rotatable bonds is 7. The van der Waals surface area contributed by atoms with Gasteiger partial charge in [-0.1, -0.05) is 18.2 Å². The fourth-order valence-electron chi connectivity index (χ4n) is 2.84. The third kappa shape index (κ3) is 4.08.